The molecule has 70 valence electrons. The standard InChI is InChI=1S/C8H18N2OSi/c1-6-11-7(2)8(10-9)12(3,4)5/h7H,6H2,1-5H3. The van der Waals surface area contributed by atoms with Crippen molar-refractivity contribution < 1.29 is 9.53 Å². The predicted octanol–water partition coefficient (Wildman–Crippen LogP) is 1.96. The van der Waals surface area contributed by atoms with Crippen molar-refractivity contribution in [3.05, 3.63) is 5.53 Å². The highest BCUT2D eigenvalue weighted by atomic mass is 28.3. The Kier molecular flexibility index (Phi) is 4.38. The average molecular weight is 186 g/mol. The van der Waals surface area contributed by atoms with E-state index < -0.39 is 8.07 Å². The first-order valence-corrected chi connectivity index (χ1v) is 7.77. The van der Waals surface area contributed by atoms with Gasteiger partial charge in [-0.3, -0.25) is 0 Å². The smallest absolute Gasteiger partial charge is 0.264 e. The molecule has 0 aliphatic rings. The fourth-order valence-corrected chi connectivity index (χ4v) is 2.77. The highest BCUT2D eigenvalue weighted by Crippen LogP contribution is 2.07. The van der Waals surface area contributed by atoms with Crippen molar-refractivity contribution in [2.45, 2.75) is 39.6 Å². The number of nitrogens with zero attached hydrogens (tertiary/aromatic N) is 2. The summed E-state index contributed by atoms with van der Waals surface area (Å²) in [4.78, 5) is 3.33. The van der Waals surface area contributed by atoms with E-state index in [4.69, 9.17) is 10.3 Å². The maximum Gasteiger partial charge on any atom is 0.264 e. The minimum absolute atomic E-state index is 0.0494. The van der Waals surface area contributed by atoms with Crippen LogP contribution < -0.4 is 0 Å². The van der Waals surface area contributed by atoms with E-state index in [1.165, 1.54) is 0 Å². The van der Waals surface area contributed by atoms with E-state index in [1.54, 1.807) is 0 Å². The molecular weight excluding hydrogens is 168 g/mol. The zero-order valence-electron chi connectivity index (χ0n) is 8.59. The van der Waals surface area contributed by atoms with Crippen LogP contribution in [0.3, 0.4) is 0 Å². The van der Waals surface area contributed by atoms with Gasteiger partial charge >= 0.3 is 0 Å². The van der Waals surface area contributed by atoms with Crippen LogP contribution in [0.25, 0.3) is 5.53 Å². The van der Waals surface area contributed by atoms with Crippen LogP contribution in [0, 0.1) is 0 Å². The maximum atomic E-state index is 8.80. The van der Waals surface area contributed by atoms with Gasteiger partial charge in [0.25, 0.3) is 5.33 Å². The van der Waals surface area contributed by atoms with Crippen LogP contribution in [-0.4, -0.2) is 30.9 Å². The molecule has 12 heavy (non-hydrogen) atoms. The lowest BCUT2D eigenvalue weighted by Crippen LogP contribution is -2.42. The highest BCUT2D eigenvalue weighted by Gasteiger charge is 2.34. The Bertz CT molecular complexity index is 192. The van der Waals surface area contributed by atoms with E-state index in [1.807, 2.05) is 13.8 Å². The van der Waals surface area contributed by atoms with Crippen molar-refractivity contribution in [1.29, 1.82) is 0 Å². The van der Waals surface area contributed by atoms with Crippen molar-refractivity contribution in [3.8, 4) is 0 Å². The maximum absolute atomic E-state index is 8.80. The number of hydrogen-bond acceptors (Lipinski definition) is 1. The third kappa shape index (κ3) is 3.30. The predicted molar refractivity (Wildman–Crippen MR) is 53.1 cm³/mol. The van der Waals surface area contributed by atoms with Crippen LogP contribution in [0.15, 0.2) is 0 Å². The monoisotopic (exact) mass is 186 g/mol. The summed E-state index contributed by atoms with van der Waals surface area (Å²) in [5.41, 5.74) is 8.80. The Morgan fingerprint density at radius 2 is 2.00 bits per heavy atom. The molecule has 0 spiro atoms. The third-order valence-electron chi connectivity index (χ3n) is 1.68. The summed E-state index contributed by atoms with van der Waals surface area (Å²) in [6.45, 7) is 10.9. The van der Waals surface area contributed by atoms with Crippen molar-refractivity contribution in [2.75, 3.05) is 6.61 Å². The summed E-state index contributed by atoms with van der Waals surface area (Å²) in [7, 11) is -1.51. The molecule has 1 unspecified atom stereocenters. The molecule has 3 nitrogen and oxygen atoms in total. The van der Waals surface area contributed by atoms with Crippen molar-refractivity contribution in [2.24, 2.45) is 0 Å². The van der Waals surface area contributed by atoms with Gasteiger partial charge in [-0.25, -0.2) is 0 Å². The molecule has 0 fully saturated rings. The molecule has 1 atom stereocenters. The number of rotatable bonds is 4. The van der Waals surface area contributed by atoms with Crippen molar-refractivity contribution in [3.63, 3.8) is 0 Å². The van der Waals surface area contributed by atoms with Gasteiger partial charge in [0.1, 0.15) is 6.10 Å². The van der Waals surface area contributed by atoms with E-state index in [-0.39, 0.29) is 6.10 Å². The van der Waals surface area contributed by atoms with E-state index in [0.29, 0.717) is 6.61 Å². The van der Waals surface area contributed by atoms with Crippen molar-refractivity contribution >= 4 is 13.4 Å². The molecule has 4 heteroatoms. The van der Waals surface area contributed by atoms with Crippen LogP contribution in [0.5, 0.6) is 0 Å². The molecule has 0 bridgehead atoms. The summed E-state index contributed by atoms with van der Waals surface area (Å²) in [5.74, 6) is 0. The molecule has 0 saturated heterocycles. The van der Waals surface area contributed by atoms with Gasteiger partial charge < -0.3 is 10.3 Å². The van der Waals surface area contributed by atoms with Gasteiger partial charge in [-0.2, -0.15) is 4.79 Å². The summed E-state index contributed by atoms with van der Waals surface area (Å²) in [6.07, 6.45) is -0.0494. The fourth-order valence-electron chi connectivity index (χ4n) is 1.17. The second-order valence-corrected chi connectivity index (χ2v) is 8.85. The average Bonchev–Trinajstić information content (AvgIpc) is 1.85. The van der Waals surface area contributed by atoms with Gasteiger partial charge in [-0.05, 0) is 13.8 Å². The molecule has 0 aliphatic heterocycles. The topological polar surface area (TPSA) is 45.6 Å². The molecule has 0 rings (SSSR count). The largest absolute Gasteiger partial charge is 0.367 e. The van der Waals surface area contributed by atoms with Gasteiger partial charge in [-0.15, -0.1) is 0 Å². The zero-order chi connectivity index (χ0) is 9.78. The second-order valence-electron chi connectivity index (χ2n) is 3.83. The van der Waals surface area contributed by atoms with E-state index in [9.17, 15) is 0 Å². The van der Waals surface area contributed by atoms with Crippen LogP contribution in [0.1, 0.15) is 13.8 Å². The van der Waals surface area contributed by atoms with E-state index >= 15 is 0 Å². The van der Waals surface area contributed by atoms with Crippen LogP contribution >= 0.6 is 0 Å². The molecule has 0 N–H and O–H groups in total. The fraction of sp³-hybridized carbons (Fsp3) is 0.875. The van der Waals surface area contributed by atoms with Crippen LogP contribution in [0.4, 0.5) is 0 Å². The summed E-state index contributed by atoms with van der Waals surface area (Å²) in [6, 6.07) is 0. The van der Waals surface area contributed by atoms with Gasteiger partial charge in [0.2, 0.25) is 0 Å². The molecule has 0 aromatic heterocycles. The molecule has 0 aromatic carbocycles. The number of ether oxygens (including phenoxy) is 1. The lowest BCUT2D eigenvalue weighted by Gasteiger charge is -2.15. The minimum atomic E-state index is -1.51. The number of hydrogen-bond donors (Lipinski definition) is 0. The molecular formula is C8H18N2OSi. The summed E-state index contributed by atoms with van der Waals surface area (Å²) in [5, 5.41) is 0.823. The Labute approximate surface area is 75.4 Å². The van der Waals surface area contributed by atoms with Gasteiger partial charge in [0.15, 0.2) is 8.07 Å². The Balaban J connectivity index is 4.49. The summed E-state index contributed by atoms with van der Waals surface area (Å²) >= 11 is 0. The molecule has 0 saturated carbocycles. The lowest BCUT2D eigenvalue weighted by molar-refractivity contribution is -0.0222. The summed E-state index contributed by atoms with van der Waals surface area (Å²) < 4.78 is 5.37. The van der Waals surface area contributed by atoms with Crippen molar-refractivity contribution in [1.82, 2.24) is 0 Å². The molecule has 0 amide bonds. The van der Waals surface area contributed by atoms with Crippen LogP contribution in [0.2, 0.25) is 19.6 Å². The molecule has 0 heterocycles. The van der Waals surface area contributed by atoms with E-state index in [2.05, 4.69) is 24.4 Å². The Morgan fingerprint density at radius 3 is 2.25 bits per heavy atom. The van der Waals surface area contributed by atoms with Crippen LogP contribution in [-0.2, 0) is 4.74 Å². The molecule has 0 aliphatic carbocycles. The first-order chi connectivity index (χ1) is 5.43. The Hall–Kier alpha value is -0.443. The molecule has 0 radical (unpaired) electrons. The van der Waals surface area contributed by atoms with E-state index in [0.717, 1.165) is 5.33 Å². The minimum Gasteiger partial charge on any atom is -0.367 e. The molecule has 0 aromatic rings. The third-order valence-corrected chi connectivity index (χ3v) is 3.72. The van der Waals surface area contributed by atoms with Gasteiger partial charge in [-0.1, -0.05) is 19.6 Å². The normalized spacial score (nSPS) is 13.8. The van der Waals surface area contributed by atoms with Gasteiger partial charge in [0, 0.05) is 6.61 Å². The lowest BCUT2D eigenvalue weighted by atomic mass is 10.4. The second kappa shape index (κ2) is 4.55. The van der Waals surface area contributed by atoms with Gasteiger partial charge in [0.05, 0.1) is 0 Å². The quantitative estimate of drug-likeness (QED) is 0.286. The highest BCUT2D eigenvalue weighted by molar-refractivity contribution is 7.04. The first-order valence-electron chi connectivity index (χ1n) is 4.27. The SMILES string of the molecule is CCOC(C)C(=[N+]=[N-])[Si](C)(C)C. The Morgan fingerprint density at radius 1 is 1.50 bits per heavy atom. The first kappa shape index (κ1) is 11.6. The zero-order valence-corrected chi connectivity index (χ0v) is 9.59.